The van der Waals surface area contributed by atoms with Gasteiger partial charge in [0, 0.05) is 16.7 Å². The lowest BCUT2D eigenvalue weighted by Gasteiger charge is -2.14. The first-order valence-electron chi connectivity index (χ1n) is 6.49. The quantitative estimate of drug-likeness (QED) is 0.675. The average Bonchev–Trinajstić information content (AvgIpc) is 2.76. The van der Waals surface area contributed by atoms with Gasteiger partial charge in [-0.1, -0.05) is 23.2 Å². The van der Waals surface area contributed by atoms with E-state index in [1.165, 1.54) is 16.8 Å². The fourth-order valence-corrected chi connectivity index (χ4v) is 3.28. The lowest BCUT2D eigenvalue weighted by Crippen LogP contribution is -2.10. The molecule has 0 aliphatic heterocycles. The monoisotopic (exact) mass is 326 g/mol. The number of aromatic nitrogens is 2. The third-order valence-corrected chi connectivity index (χ3v) is 4.13. The molecule has 1 aliphatic rings. The molecule has 0 spiro atoms. The zero-order valence-electron chi connectivity index (χ0n) is 11.0. The number of nitro benzene ring substituents is 1. The second-order valence-electron chi connectivity index (χ2n) is 4.94. The topological polar surface area (TPSA) is 87.0 Å². The van der Waals surface area contributed by atoms with Crippen LogP contribution in [-0.4, -0.2) is 14.7 Å². The molecule has 1 aromatic carbocycles. The summed E-state index contributed by atoms with van der Waals surface area (Å²) in [4.78, 5) is 10.8. The Hall–Kier alpha value is -1.79. The van der Waals surface area contributed by atoms with Gasteiger partial charge in [0.25, 0.3) is 5.69 Å². The van der Waals surface area contributed by atoms with Crippen molar-refractivity contribution < 1.29 is 4.92 Å². The van der Waals surface area contributed by atoms with Crippen LogP contribution in [0.3, 0.4) is 0 Å². The Balaban J connectivity index is 2.28. The molecule has 0 radical (unpaired) electrons. The molecule has 8 heteroatoms. The Kier molecular flexibility index (Phi) is 3.51. The van der Waals surface area contributed by atoms with Crippen molar-refractivity contribution in [3.63, 3.8) is 0 Å². The minimum atomic E-state index is -0.514. The van der Waals surface area contributed by atoms with Crippen LogP contribution in [0.25, 0.3) is 5.69 Å². The van der Waals surface area contributed by atoms with Crippen molar-refractivity contribution in [3.05, 3.63) is 43.5 Å². The number of fused-ring (bicyclic) bond motifs is 1. The Morgan fingerprint density at radius 2 is 2.00 bits per heavy atom. The Morgan fingerprint density at radius 1 is 1.29 bits per heavy atom. The largest absolute Gasteiger partial charge is 0.382 e. The number of anilines is 1. The number of nitro groups is 1. The number of nitrogen functional groups attached to an aromatic ring is 1. The summed E-state index contributed by atoms with van der Waals surface area (Å²) in [6.07, 6.45) is 3.65. The van der Waals surface area contributed by atoms with E-state index >= 15 is 0 Å². The van der Waals surface area contributed by atoms with E-state index in [2.05, 4.69) is 5.10 Å². The highest BCUT2D eigenvalue weighted by molar-refractivity contribution is 6.36. The molecule has 6 nitrogen and oxygen atoms in total. The summed E-state index contributed by atoms with van der Waals surface area (Å²) in [7, 11) is 0. The fourth-order valence-electron chi connectivity index (χ4n) is 2.71. The van der Waals surface area contributed by atoms with Gasteiger partial charge < -0.3 is 5.73 Å². The van der Waals surface area contributed by atoms with Gasteiger partial charge in [-0.15, -0.1) is 5.10 Å². The summed E-state index contributed by atoms with van der Waals surface area (Å²) in [6.45, 7) is 0. The maximum Gasteiger partial charge on any atom is 0.297 e. The van der Waals surface area contributed by atoms with Crippen molar-refractivity contribution in [1.29, 1.82) is 0 Å². The zero-order chi connectivity index (χ0) is 15.1. The molecule has 0 bridgehead atoms. The van der Waals surface area contributed by atoms with Crippen LogP contribution in [0.2, 0.25) is 10.0 Å². The van der Waals surface area contributed by atoms with Gasteiger partial charge in [0.05, 0.1) is 15.6 Å². The van der Waals surface area contributed by atoms with Crippen molar-refractivity contribution in [1.82, 2.24) is 9.78 Å². The number of hydrogen-bond acceptors (Lipinski definition) is 4. The number of benzene rings is 1. The molecule has 1 heterocycles. The van der Waals surface area contributed by atoms with Crippen LogP contribution < -0.4 is 5.73 Å². The number of hydrogen-bond donors (Lipinski definition) is 1. The van der Waals surface area contributed by atoms with Gasteiger partial charge in [-0.25, -0.2) is 4.68 Å². The summed E-state index contributed by atoms with van der Waals surface area (Å²) in [6, 6.07) is 2.74. The van der Waals surface area contributed by atoms with E-state index in [1.807, 2.05) is 0 Å². The average molecular weight is 327 g/mol. The predicted molar refractivity (Wildman–Crippen MR) is 81.3 cm³/mol. The third-order valence-electron chi connectivity index (χ3n) is 3.63. The third kappa shape index (κ3) is 2.34. The van der Waals surface area contributed by atoms with Crippen molar-refractivity contribution in [3.8, 4) is 5.69 Å². The van der Waals surface area contributed by atoms with Crippen LogP contribution >= 0.6 is 23.2 Å². The van der Waals surface area contributed by atoms with Crippen molar-refractivity contribution in [2.75, 3.05) is 5.73 Å². The highest BCUT2D eigenvalue weighted by atomic mass is 35.5. The highest BCUT2D eigenvalue weighted by Crippen LogP contribution is 2.37. The van der Waals surface area contributed by atoms with Crippen LogP contribution in [0.1, 0.15) is 24.1 Å². The number of nitrogens with two attached hydrogens (primary N) is 1. The summed E-state index contributed by atoms with van der Waals surface area (Å²) in [5.74, 6) is 0.407. The van der Waals surface area contributed by atoms with Gasteiger partial charge in [-0.3, -0.25) is 10.1 Å². The molecule has 0 saturated heterocycles. The van der Waals surface area contributed by atoms with Crippen LogP contribution in [0.15, 0.2) is 12.1 Å². The normalized spacial score (nSPS) is 14.0. The lowest BCUT2D eigenvalue weighted by molar-refractivity contribution is -0.384. The molecule has 0 atom stereocenters. The minimum absolute atomic E-state index is 0.177. The van der Waals surface area contributed by atoms with E-state index in [1.54, 1.807) is 0 Å². The fraction of sp³-hybridized carbons (Fsp3) is 0.308. The molecule has 1 aliphatic carbocycles. The molecule has 110 valence electrons. The Labute approximate surface area is 130 Å². The first-order valence-corrected chi connectivity index (χ1v) is 7.24. The van der Waals surface area contributed by atoms with Gasteiger partial charge in [0.1, 0.15) is 5.82 Å². The van der Waals surface area contributed by atoms with E-state index in [0.29, 0.717) is 5.82 Å². The molecule has 2 aromatic rings. The second-order valence-corrected chi connectivity index (χ2v) is 5.79. The predicted octanol–water partition coefficient (Wildman–Crippen LogP) is 3.55. The molecule has 0 amide bonds. The number of halogens is 2. The Morgan fingerprint density at radius 3 is 2.71 bits per heavy atom. The van der Waals surface area contributed by atoms with Crippen LogP contribution in [-0.2, 0) is 12.8 Å². The van der Waals surface area contributed by atoms with Gasteiger partial charge >= 0.3 is 0 Å². The van der Waals surface area contributed by atoms with Gasteiger partial charge in [0.2, 0.25) is 0 Å². The lowest BCUT2D eigenvalue weighted by atomic mass is 9.97. The molecule has 0 unspecified atom stereocenters. The first-order chi connectivity index (χ1) is 9.99. The summed E-state index contributed by atoms with van der Waals surface area (Å²) in [5.41, 5.74) is 7.83. The minimum Gasteiger partial charge on any atom is -0.382 e. The SMILES string of the molecule is Nc1nn(-c2c(Cl)cc(Cl)cc2[N+](=O)[O-])c2c1CCCC2. The number of rotatable bonds is 2. The summed E-state index contributed by atoms with van der Waals surface area (Å²) in [5, 5.41) is 15.9. The summed E-state index contributed by atoms with van der Waals surface area (Å²) < 4.78 is 1.50. The molecular formula is C13H12Cl2N4O2. The molecule has 0 fully saturated rings. The highest BCUT2D eigenvalue weighted by Gasteiger charge is 2.27. The van der Waals surface area contributed by atoms with E-state index in [4.69, 9.17) is 28.9 Å². The molecule has 21 heavy (non-hydrogen) atoms. The van der Waals surface area contributed by atoms with Gasteiger partial charge in [0.15, 0.2) is 5.69 Å². The Bertz CT molecular complexity index is 742. The molecular weight excluding hydrogens is 315 g/mol. The first kappa shape index (κ1) is 14.2. The standard InChI is InChI=1S/C13H12Cl2N4O2/c14-7-5-9(15)12(11(6-7)19(20)21)18-10-4-2-1-3-8(10)13(16)17-18/h5-6H,1-4H2,(H2,16,17). The van der Waals surface area contributed by atoms with Crippen molar-refractivity contribution in [2.45, 2.75) is 25.7 Å². The number of nitrogens with zero attached hydrogens (tertiary/aromatic N) is 3. The van der Waals surface area contributed by atoms with E-state index in [9.17, 15) is 10.1 Å². The second kappa shape index (κ2) is 5.20. The van der Waals surface area contributed by atoms with Gasteiger partial charge in [-0.2, -0.15) is 0 Å². The van der Waals surface area contributed by atoms with E-state index in [0.717, 1.165) is 36.9 Å². The maximum absolute atomic E-state index is 11.3. The van der Waals surface area contributed by atoms with Crippen LogP contribution in [0.4, 0.5) is 11.5 Å². The molecule has 2 N–H and O–H groups in total. The van der Waals surface area contributed by atoms with E-state index < -0.39 is 4.92 Å². The van der Waals surface area contributed by atoms with Crippen LogP contribution in [0.5, 0.6) is 0 Å². The maximum atomic E-state index is 11.3. The van der Waals surface area contributed by atoms with Crippen LogP contribution in [0, 0.1) is 10.1 Å². The summed E-state index contributed by atoms with van der Waals surface area (Å²) >= 11 is 12.0. The molecule has 3 rings (SSSR count). The van der Waals surface area contributed by atoms with Crippen molar-refractivity contribution >= 4 is 34.7 Å². The van der Waals surface area contributed by atoms with Crippen molar-refractivity contribution in [2.24, 2.45) is 0 Å². The smallest absolute Gasteiger partial charge is 0.297 e. The molecule has 0 saturated carbocycles. The van der Waals surface area contributed by atoms with E-state index in [-0.39, 0.29) is 21.4 Å². The van der Waals surface area contributed by atoms with Gasteiger partial charge in [-0.05, 0) is 31.7 Å². The molecule has 1 aromatic heterocycles. The zero-order valence-corrected chi connectivity index (χ0v) is 12.5.